The van der Waals surface area contributed by atoms with Crippen LogP contribution in [0.25, 0.3) is 0 Å². The number of halogens is 7. The van der Waals surface area contributed by atoms with E-state index in [1.165, 1.54) is 13.8 Å². The smallest absolute Gasteiger partial charge is 0.466 e. The van der Waals surface area contributed by atoms with Gasteiger partial charge in [-0.2, -0.15) is 30.7 Å². The van der Waals surface area contributed by atoms with Crippen LogP contribution in [0.5, 0.6) is 0 Å². The first-order chi connectivity index (χ1) is 13.2. The average molecular weight is 476 g/mol. The molecule has 0 aliphatic heterocycles. The van der Waals surface area contributed by atoms with Crippen molar-refractivity contribution < 1.29 is 62.8 Å². The highest BCUT2D eigenvalue weighted by atomic mass is 32.2. The highest BCUT2D eigenvalue weighted by Crippen LogP contribution is 2.42. The molecule has 0 saturated heterocycles. The number of ether oxygens (including phenoxy) is 2. The van der Waals surface area contributed by atoms with Crippen LogP contribution in [0.2, 0.25) is 0 Å². The summed E-state index contributed by atoms with van der Waals surface area (Å²) in [6, 6.07) is 0. The Labute approximate surface area is 166 Å². The molecule has 0 spiro atoms. The van der Waals surface area contributed by atoms with E-state index in [0.717, 1.165) is 0 Å². The molecule has 0 saturated carbocycles. The van der Waals surface area contributed by atoms with E-state index in [9.17, 15) is 53.3 Å². The van der Waals surface area contributed by atoms with Gasteiger partial charge in [0.1, 0.15) is 0 Å². The van der Waals surface area contributed by atoms with E-state index in [1.54, 1.807) is 5.32 Å². The van der Waals surface area contributed by atoms with Crippen LogP contribution in [0, 0.1) is 5.92 Å². The highest BCUT2D eigenvalue weighted by molar-refractivity contribution is 7.86. The number of nitrogens with one attached hydrogen (secondary N) is 1. The summed E-state index contributed by atoms with van der Waals surface area (Å²) < 4.78 is 132. The molecule has 1 atom stereocenters. The Morgan fingerprint density at radius 1 is 1.13 bits per heavy atom. The Balaban J connectivity index is 5.91. The molecule has 8 nitrogen and oxygen atoms in total. The minimum absolute atomic E-state index is 0.173. The van der Waals surface area contributed by atoms with Crippen molar-refractivity contribution in [2.75, 3.05) is 13.2 Å². The molecule has 1 unspecified atom stereocenters. The SMILES string of the molecule is C=CC(=O)OC(OCCC(F)(F)C(F)(F)S(=O)(=O)[O-])(C(=O)NCC(C)C)C(F)(F)F. The van der Waals surface area contributed by atoms with Crippen molar-refractivity contribution in [3.63, 3.8) is 0 Å². The predicted octanol–water partition coefficient (Wildman–Crippen LogP) is 1.93. The third-order valence-corrected chi connectivity index (χ3v) is 4.14. The second-order valence-corrected chi connectivity index (χ2v) is 7.54. The van der Waals surface area contributed by atoms with Gasteiger partial charge >= 0.3 is 35.0 Å². The molecule has 0 fully saturated rings. The van der Waals surface area contributed by atoms with Crippen molar-refractivity contribution in [2.45, 2.75) is 43.4 Å². The zero-order chi connectivity index (χ0) is 24.2. The van der Waals surface area contributed by atoms with Crippen molar-refractivity contribution in [3.05, 3.63) is 12.7 Å². The number of alkyl halides is 7. The number of hydrogen-bond donors (Lipinski definition) is 1. The molecule has 0 aromatic heterocycles. The topological polar surface area (TPSA) is 122 Å². The molecule has 16 heteroatoms. The molecule has 0 radical (unpaired) electrons. The summed E-state index contributed by atoms with van der Waals surface area (Å²) in [5.74, 6) is -14.7. The van der Waals surface area contributed by atoms with Gasteiger partial charge in [0, 0.05) is 19.0 Å². The molecule has 0 bridgehead atoms. The molecule has 1 N–H and O–H groups in total. The van der Waals surface area contributed by atoms with E-state index < -0.39 is 70.6 Å². The Morgan fingerprint density at radius 2 is 1.63 bits per heavy atom. The van der Waals surface area contributed by atoms with Gasteiger partial charge in [-0.05, 0) is 5.92 Å². The first-order valence-corrected chi connectivity index (χ1v) is 9.21. The molecule has 0 aromatic rings. The lowest BCUT2D eigenvalue weighted by atomic mass is 10.2. The quantitative estimate of drug-likeness (QED) is 0.159. The number of amides is 1. The number of rotatable bonds is 11. The van der Waals surface area contributed by atoms with E-state index in [2.05, 4.69) is 16.1 Å². The van der Waals surface area contributed by atoms with Gasteiger partial charge in [0.15, 0.2) is 10.1 Å². The zero-order valence-corrected chi connectivity index (χ0v) is 16.2. The van der Waals surface area contributed by atoms with E-state index in [-0.39, 0.29) is 6.08 Å². The molecule has 0 aliphatic rings. The van der Waals surface area contributed by atoms with Crippen LogP contribution < -0.4 is 5.32 Å². The second kappa shape index (κ2) is 9.47. The van der Waals surface area contributed by atoms with Gasteiger partial charge < -0.3 is 19.3 Å². The van der Waals surface area contributed by atoms with E-state index in [0.29, 0.717) is 0 Å². The third kappa shape index (κ3) is 6.28. The summed E-state index contributed by atoms with van der Waals surface area (Å²) in [5, 5.41) is -4.51. The molecule has 0 aliphatic carbocycles. The van der Waals surface area contributed by atoms with Gasteiger partial charge in [-0.3, -0.25) is 4.79 Å². The van der Waals surface area contributed by atoms with Gasteiger partial charge in [-0.25, -0.2) is 13.2 Å². The van der Waals surface area contributed by atoms with Crippen molar-refractivity contribution in [1.29, 1.82) is 0 Å². The summed E-state index contributed by atoms with van der Waals surface area (Å²) in [5.41, 5.74) is 0. The van der Waals surface area contributed by atoms with Crippen LogP contribution in [0.1, 0.15) is 20.3 Å². The third-order valence-electron chi connectivity index (χ3n) is 3.22. The van der Waals surface area contributed by atoms with Crippen molar-refractivity contribution >= 4 is 22.0 Å². The number of esters is 1. The Bertz CT molecular complexity index is 752. The zero-order valence-electron chi connectivity index (χ0n) is 15.4. The van der Waals surface area contributed by atoms with Crippen LogP contribution in [0.4, 0.5) is 30.7 Å². The monoisotopic (exact) mass is 476 g/mol. The van der Waals surface area contributed by atoms with Gasteiger partial charge in [0.05, 0.1) is 6.61 Å². The number of carbonyl (C=O) groups is 2. The van der Waals surface area contributed by atoms with Crippen LogP contribution >= 0.6 is 0 Å². The number of hydrogen-bond acceptors (Lipinski definition) is 7. The van der Waals surface area contributed by atoms with Crippen molar-refractivity contribution in [3.8, 4) is 0 Å². The van der Waals surface area contributed by atoms with Crippen LogP contribution in [0.15, 0.2) is 12.7 Å². The van der Waals surface area contributed by atoms with Gasteiger partial charge in [-0.15, -0.1) is 0 Å². The number of carbonyl (C=O) groups excluding carboxylic acids is 2. The fourth-order valence-corrected chi connectivity index (χ4v) is 2.13. The van der Waals surface area contributed by atoms with Crippen LogP contribution in [-0.4, -0.2) is 61.1 Å². The summed E-state index contributed by atoms with van der Waals surface area (Å²) in [6.07, 6.45) is -8.18. The molecular formula is C14H17F7NO7S-. The fourth-order valence-electron chi connectivity index (χ4n) is 1.66. The molecule has 176 valence electrons. The molecular weight excluding hydrogens is 459 g/mol. The Kier molecular flexibility index (Phi) is 8.85. The second-order valence-electron chi connectivity index (χ2n) is 6.12. The standard InChI is InChI=1S/C14H18F7NO7S/c1-4-9(23)29-12(13(17,18)19,10(24)22-7-8(2)3)28-6-5-11(15,16)14(20,21)30(25,26)27/h4,8H,1,5-7H2,2-3H3,(H,22,24)(H,25,26,27)/p-1. The summed E-state index contributed by atoms with van der Waals surface area (Å²) in [7, 11) is -6.90. The highest BCUT2D eigenvalue weighted by Gasteiger charge is 2.67. The van der Waals surface area contributed by atoms with Gasteiger partial charge in [-0.1, -0.05) is 20.4 Å². The molecule has 0 heterocycles. The first kappa shape index (κ1) is 28.1. The van der Waals surface area contributed by atoms with Crippen LogP contribution in [0.3, 0.4) is 0 Å². The van der Waals surface area contributed by atoms with E-state index in [1.807, 2.05) is 0 Å². The van der Waals surface area contributed by atoms with Crippen molar-refractivity contribution in [1.82, 2.24) is 5.32 Å². The molecule has 0 aromatic carbocycles. The maximum Gasteiger partial charge on any atom is 0.466 e. The average Bonchev–Trinajstić information content (AvgIpc) is 2.55. The van der Waals surface area contributed by atoms with E-state index >= 15 is 0 Å². The lowest BCUT2D eigenvalue weighted by Crippen LogP contribution is -2.62. The normalized spacial score (nSPS) is 15.4. The summed E-state index contributed by atoms with van der Waals surface area (Å²) >= 11 is 0. The lowest BCUT2D eigenvalue weighted by molar-refractivity contribution is -0.349. The summed E-state index contributed by atoms with van der Waals surface area (Å²) in [6.45, 7) is 3.21. The predicted molar refractivity (Wildman–Crippen MR) is 83.1 cm³/mol. The maximum absolute atomic E-state index is 13.5. The lowest BCUT2D eigenvalue weighted by Gasteiger charge is -2.34. The Hall–Kier alpha value is -1.94. The fraction of sp³-hybridized carbons (Fsp3) is 0.714. The Morgan fingerprint density at radius 3 is 2.00 bits per heavy atom. The molecule has 0 rings (SSSR count). The summed E-state index contributed by atoms with van der Waals surface area (Å²) in [4.78, 5) is 23.3. The maximum atomic E-state index is 13.5. The van der Waals surface area contributed by atoms with Gasteiger partial charge in [0.25, 0.3) is 0 Å². The van der Waals surface area contributed by atoms with E-state index in [4.69, 9.17) is 0 Å². The minimum atomic E-state index is -6.90. The van der Waals surface area contributed by atoms with Gasteiger partial charge in [0.2, 0.25) is 0 Å². The first-order valence-electron chi connectivity index (χ1n) is 7.80. The minimum Gasteiger partial charge on any atom is -0.743 e. The largest absolute Gasteiger partial charge is 0.743 e. The molecule has 30 heavy (non-hydrogen) atoms. The van der Waals surface area contributed by atoms with Crippen LogP contribution in [-0.2, 0) is 29.2 Å². The van der Waals surface area contributed by atoms with Crippen molar-refractivity contribution in [2.24, 2.45) is 5.92 Å². The molecule has 1 amide bonds.